The molecule has 5 aliphatic heterocycles. The second kappa shape index (κ2) is 9.23. The fourth-order valence-electron chi connectivity index (χ4n) is 4.28. The molecule has 5 rings (SSSR count). The Kier molecular flexibility index (Phi) is 8.08. The number of rotatable bonds is 6. The van der Waals surface area contributed by atoms with Crippen molar-refractivity contribution in [2.24, 2.45) is 0 Å². The summed E-state index contributed by atoms with van der Waals surface area (Å²) in [7, 11) is 0. The molecule has 0 saturated carbocycles. The van der Waals surface area contributed by atoms with Gasteiger partial charge < -0.3 is 0 Å². The molecule has 5 saturated heterocycles. The quantitative estimate of drug-likeness (QED) is 0.332. The van der Waals surface area contributed by atoms with Crippen molar-refractivity contribution in [1.82, 2.24) is 0 Å². The minimum absolute atomic E-state index is 0.0583. The number of hydrogen-bond acceptors (Lipinski definition) is 9. The van der Waals surface area contributed by atoms with Crippen LogP contribution in [0.3, 0.4) is 0 Å². The zero-order valence-corrected chi connectivity index (χ0v) is 34.7. The first kappa shape index (κ1) is 28.9. The molecule has 0 radical (unpaired) electrons. The Balaban J connectivity index is 2.08. The van der Waals surface area contributed by atoms with Crippen LogP contribution < -0.4 is 0 Å². The second-order valence-corrected chi connectivity index (χ2v) is 65.1. The molecule has 0 N–H and O–H groups in total. The van der Waals surface area contributed by atoms with Gasteiger partial charge in [-0.05, 0) is 0 Å². The molecule has 5 heterocycles. The Labute approximate surface area is 220 Å². The topological polar surface area (TPSA) is 83.1 Å². The van der Waals surface area contributed by atoms with E-state index in [0.29, 0.717) is 0 Å². The van der Waals surface area contributed by atoms with Gasteiger partial charge in [0, 0.05) is 0 Å². The van der Waals surface area contributed by atoms with E-state index in [1.54, 1.807) is 0 Å². The van der Waals surface area contributed by atoms with E-state index in [1.807, 2.05) is 0 Å². The fourth-order valence-corrected chi connectivity index (χ4v) is 158. The van der Waals surface area contributed by atoms with Gasteiger partial charge in [0.15, 0.2) is 0 Å². The van der Waals surface area contributed by atoms with Gasteiger partial charge in [-0.1, -0.05) is 0 Å². The van der Waals surface area contributed by atoms with Crippen molar-refractivity contribution in [2.75, 3.05) is 0 Å². The molecular formula is C18H42Ge6O9. The van der Waals surface area contributed by atoms with Gasteiger partial charge in [0.1, 0.15) is 0 Å². The number of hydrogen-bond donors (Lipinski definition) is 0. The summed E-state index contributed by atoms with van der Waals surface area (Å²) in [4.78, 5) is 0. The molecule has 0 aliphatic carbocycles. The van der Waals surface area contributed by atoms with E-state index >= 15 is 0 Å². The molecule has 9 nitrogen and oxygen atoms in total. The Morgan fingerprint density at radius 2 is 0.333 bits per heavy atom. The third-order valence-electron chi connectivity index (χ3n) is 6.80. The molecule has 5 aliphatic rings. The standard InChI is InChI=1S/C18H42Ge6O9/c1-13(2)19-25-20(14(3)4)27-21(26-19,15(5)6)33-24(18(11)12)29-22(31-19,16(7)8)28-23(30-24,32-20)17(9)10/h13-18H,1-12H3. The van der Waals surface area contributed by atoms with Crippen LogP contribution in [0, 0.1) is 0 Å². The van der Waals surface area contributed by atoms with Crippen molar-refractivity contribution in [1.29, 1.82) is 0 Å². The summed E-state index contributed by atoms with van der Waals surface area (Å²) in [5.74, 6) is 0. The van der Waals surface area contributed by atoms with Gasteiger partial charge in [0.2, 0.25) is 0 Å². The Bertz CT molecular complexity index is 605. The van der Waals surface area contributed by atoms with E-state index in [4.69, 9.17) is 25.1 Å². The van der Waals surface area contributed by atoms with Crippen LogP contribution in [0.2, 0.25) is 28.5 Å². The Morgan fingerprint density at radius 1 is 0.242 bits per heavy atom. The average molecular weight is 838 g/mol. The van der Waals surface area contributed by atoms with Crippen LogP contribution in [0.5, 0.6) is 0 Å². The normalized spacial score (nSPS) is 47.5. The molecule has 33 heavy (non-hydrogen) atoms. The summed E-state index contributed by atoms with van der Waals surface area (Å²) in [5, 5.41) is 0. The summed E-state index contributed by atoms with van der Waals surface area (Å²) in [6.07, 6.45) is 0. The molecule has 0 aromatic carbocycles. The summed E-state index contributed by atoms with van der Waals surface area (Å²) < 4.78 is 64.8. The van der Waals surface area contributed by atoms with Gasteiger partial charge in [0.25, 0.3) is 0 Å². The Hall–Kier alpha value is 2.90. The van der Waals surface area contributed by atoms with Gasteiger partial charge >= 0.3 is 222 Å². The van der Waals surface area contributed by atoms with E-state index in [0.717, 1.165) is 0 Å². The van der Waals surface area contributed by atoms with Crippen molar-refractivity contribution in [3.8, 4) is 0 Å². The third kappa shape index (κ3) is 4.38. The molecule has 6 bridgehead atoms. The van der Waals surface area contributed by atoms with Gasteiger partial charge in [-0.25, -0.2) is 0 Å². The zero-order valence-electron chi connectivity index (χ0n) is 22.1. The molecule has 0 aromatic rings. The Morgan fingerprint density at radius 3 is 0.394 bits per heavy atom. The first-order valence-electron chi connectivity index (χ1n) is 12.3. The van der Waals surface area contributed by atoms with Crippen LogP contribution in [0.15, 0.2) is 0 Å². The average Bonchev–Trinajstić information content (AvgIpc) is 2.65. The molecule has 0 aromatic heterocycles. The van der Waals surface area contributed by atoms with Gasteiger partial charge in [-0.15, -0.1) is 0 Å². The van der Waals surface area contributed by atoms with Crippen molar-refractivity contribution in [3.05, 3.63) is 0 Å². The van der Waals surface area contributed by atoms with Gasteiger partial charge in [0.05, 0.1) is 0 Å². The van der Waals surface area contributed by atoms with Crippen LogP contribution in [0.1, 0.15) is 83.1 Å². The van der Waals surface area contributed by atoms with Gasteiger partial charge in [-0.2, -0.15) is 0 Å². The maximum absolute atomic E-state index is 7.29. The van der Waals surface area contributed by atoms with E-state index in [2.05, 4.69) is 83.1 Å². The van der Waals surface area contributed by atoms with Gasteiger partial charge in [-0.3, -0.25) is 0 Å². The first-order chi connectivity index (χ1) is 15.0. The van der Waals surface area contributed by atoms with Crippen molar-refractivity contribution < 1.29 is 25.1 Å². The molecule has 5 fully saturated rings. The van der Waals surface area contributed by atoms with Crippen LogP contribution in [0.4, 0.5) is 0 Å². The minimum atomic E-state index is -4.00. The van der Waals surface area contributed by atoms with Crippen LogP contribution in [-0.4, -0.2) is 85.7 Å². The molecule has 0 unspecified atom stereocenters. The molecule has 15 heteroatoms. The summed E-state index contributed by atoms with van der Waals surface area (Å²) in [5.41, 5.74) is 0. The van der Waals surface area contributed by atoms with Crippen LogP contribution >= 0.6 is 0 Å². The molecule has 0 amide bonds. The third-order valence-corrected chi connectivity index (χ3v) is 91.2. The molecule has 0 spiro atoms. The maximum atomic E-state index is 7.29. The van der Waals surface area contributed by atoms with Crippen molar-refractivity contribution >= 4 is 85.7 Å². The van der Waals surface area contributed by atoms with E-state index < -0.39 is 85.7 Å². The summed E-state index contributed by atoms with van der Waals surface area (Å²) >= 11 is -24.0. The monoisotopic (exact) mass is 846 g/mol. The molecular weight excluding hydrogens is 796 g/mol. The zero-order chi connectivity index (χ0) is 24.8. The van der Waals surface area contributed by atoms with Crippen molar-refractivity contribution in [3.63, 3.8) is 0 Å². The second-order valence-electron chi connectivity index (χ2n) is 11.5. The first-order valence-corrected chi connectivity index (χ1v) is 35.0. The summed E-state index contributed by atoms with van der Waals surface area (Å²) in [6, 6.07) is 0. The molecule has 192 valence electrons. The van der Waals surface area contributed by atoms with Crippen LogP contribution in [-0.2, 0) is 25.1 Å². The predicted molar refractivity (Wildman–Crippen MR) is 135 cm³/mol. The predicted octanol–water partition coefficient (Wildman–Crippen LogP) is 5.28. The summed E-state index contributed by atoms with van der Waals surface area (Å²) in [6.45, 7) is 25.7. The molecule has 0 atom stereocenters. The SMILES string of the molecule is C[CH](C)[Ge]12[O][Ge]3([CH](C)C)[O][Ge]([CH](C)C)([O]1)[O][Ge]1([CH](C)C)[O][Ge]([CH](C)C)([O][Ge]([CH](C)C)([O]1)[O]3)[O]2. The fraction of sp³-hybridized carbons (Fsp3) is 1.00. The van der Waals surface area contributed by atoms with E-state index in [9.17, 15) is 0 Å². The van der Waals surface area contributed by atoms with E-state index in [-0.39, 0.29) is 28.5 Å². The van der Waals surface area contributed by atoms with Crippen LogP contribution in [0.25, 0.3) is 0 Å². The van der Waals surface area contributed by atoms with Crippen molar-refractivity contribution in [2.45, 2.75) is 112 Å². The van der Waals surface area contributed by atoms with E-state index in [1.165, 1.54) is 0 Å².